The highest BCUT2D eigenvalue weighted by Crippen LogP contribution is 2.16. The van der Waals surface area contributed by atoms with E-state index in [1.54, 1.807) is 6.20 Å². The second-order valence-corrected chi connectivity index (χ2v) is 5.78. The Morgan fingerprint density at radius 2 is 1.67 bits per heavy atom. The summed E-state index contributed by atoms with van der Waals surface area (Å²) >= 11 is 0. The number of carbonyl (C=O) groups is 1. The normalized spacial score (nSPS) is 10.8. The number of nitrogens with zero attached hydrogens (tertiary/aromatic N) is 1. The van der Waals surface area contributed by atoms with Crippen molar-refractivity contribution >= 4 is 27.6 Å². The van der Waals surface area contributed by atoms with Crippen LogP contribution in [0.3, 0.4) is 0 Å². The van der Waals surface area contributed by atoms with Gasteiger partial charge in [0.1, 0.15) is 0 Å². The van der Waals surface area contributed by atoms with Crippen LogP contribution in [0.4, 0.5) is 0 Å². The summed E-state index contributed by atoms with van der Waals surface area (Å²) in [5.74, 6) is -0.0751. The van der Waals surface area contributed by atoms with Crippen molar-refractivity contribution in [1.82, 2.24) is 10.3 Å². The van der Waals surface area contributed by atoms with E-state index in [0.717, 1.165) is 16.5 Å². The number of carbonyl (C=O) groups excluding carboxylic acids is 1. The molecule has 0 radical (unpaired) electrons. The van der Waals surface area contributed by atoms with Crippen molar-refractivity contribution in [3.05, 3.63) is 90.1 Å². The van der Waals surface area contributed by atoms with E-state index in [0.29, 0.717) is 12.1 Å². The number of amides is 1. The van der Waals surface area contributed by atoms with Crippen LogP contribution < -0.4 is 5.32 Å². The maximum absolute atomic E-state index is 12.4. The quantitative estimate of drug-likeness (QED) is 0.612. The second-order valence-electron chi connectivity index (χ2n) is 5.78. The van der Waals surface area contributed by atoms with Gasteiger partial charge in [-0.1, -0.05) is 42.5 Å². The lowest BCUT2D eigenvalue weighted by Gasteiger charge is -2.07. The van der Waals surface area contributed by atoms with Gasteiger partial charge in [-0.05, 0) is 46.7 Å². The highest BCUT2D eigenvalue weighted by Gasteiger charge is 2.06. The molecule has 0 fully saturated rings. The van der Waals surface area contributed by atoms with Crippen molar-refractivity contribution in [3.8, 4) is 0 Å². The molecule has 0 saturated heterocycles. The van der Waals surface area contributed by atoms with Crippen LogP contribution in [0.25, 0.3) is 21.7 Å². The largest absolute Gasteiger partial charge is 0.348 e. The Balaban J connectivity index is 1.52. The summed E-state index contributed by atoms with van der Waals surface area (Å²) in [7, 11) is 0. The SMILES string of the molecule is O=C(NCc1ccc2ccccc2c1)c1ccc2ncccc2c1. The molecule has 0 aliphatic heterocycles. The summed E-state index contributed by atoms with van der Waals surface area (Å²) in [4.78, 5) is 16.7. The molecule has 116 valence electrons. The predicted octanol–water partition coefficient (Wildman–Crippen LogP) is 4.32. The molecule has 1 amide bonds. The van der Waals surface area contributed by atoms with Crippen LogP contribution >= 0.6 is 0 Å². The molecule has 1 aromatic heterocycles. The van der Waals surface area contributed by atoms with Crippen molar-refractivity contribution in [1.29, 1.82) is 0 Å². The van der Waals surface area contributed by atoms with Crippen LogP contribution in [-0.2, 0) is 6.54 Å². The minimum atomic E-state index is -0.0751. The first kappa shape index (κ1) is 14.4. The van der Waals surface area contributed by atoms with Gasteiger partial charge >= 0.3 is 0 Å². The third-order valence-electron chi connectivity index (χ3n) is 4.13. The standard InChI is InChI=1S/C21H16N2O/c24-21(19-9-10-20-18(13-19)6-3-11-22-20)23-14-15-7-8-16-4-1-2-5-17(16)12-15/h1-13H,14H2,(H,23,24). The molecule has 4 rings (SSSR count). The van der Waals surface area contributed by atoms with E-state index >= 15 is 0 Å². The van der Waals surface area contributed by atoms with Gasteiger partial charge < -0.3 is 5.32 Å². The molecule has 0 saturated carbocycles. The molecule has 3 heteroatoms. The lowest BCUT2D eigenvalue weighted by molar-refractivity contribution is 0.0951. The van der Waals surface area contributed by atoms with Crippen LogP contribution in [0, 0.1) is 0 Å². The van der Waals surface area contributed by atoms with Crippen LogP contribution in [0.2, 0.25) is 0 Å². The minimum Gasteiger partial charge on any atom is -0.348 e. The van der Waals surface area contributed by atoms with E-state index in [1.165, 1.54) is 10.8 Å². The van der Waals surface area contributed by atoms with Crippen LogP contribution in [0.1, 0.15) is 15.9 Å². The van der Waals surface area contributed by atoms with Crippen molar-refractivity contribution in [3.63, 3.8) is 0 Å². The Hall–Kier alpha value is -3.20. The monoisotopic (exact) mass is 312 g/mol. The Labute approximate surface area is 140 Å². The molecule has 0 spiro atoms. The molecule has 1 N–H and O–H groups in total. The molecule has 0 atom stereocenters. The van der Waals surface area contributed by atoms with Crippen molar-refractivity contribution in [2.45, 2.75) is 6.54 Å². The molecule has 0 unspecified atom stereocenters. The van der Waals surface area contributed by atoms with E-state index < -0.39 is 0 Å². The molecule has 3 aromatic carbocycles. The van der Waals surface area contributed by atoms with Gasteiger partial charge in [0.25, 0.3) is 5.91 Å². The Bertz CT molecular complexity index is 1040. The number of hydrogen-bond acceptors (Lipinski definition) is 2. The summed E-state index contributed by atoms with van der Waals surface area (Å²) in [6, 6.07) is 23.8. The minimum absolute atomic E-state index is 0.0751. The zero-order chi connectivity index (χ0) is 16.4. The highest BCUT2D eigenvalue weighted by molar-refractivity contribution is 5.97. The van der Waals surface area contributed by atoms with Crippen molar-refractivity contribution in [2.75, 3.05) is 0 Å². The van der Waals surface area contributed by atoms with Gasteiger partial charge in [-0.3, -0.25) is 9.78 Å². The number of hydrogen-bond donors (Lipinski definition) is 1. The van der Waals surface area contributed by atoms with Gasteiger partial charge in [0, 0.05) is 23.7 Å². The molecule has 1 heterocycles. The molecular weight excluding hydrogens is 296 g/mol. The smallest absolute Gasteiger partial charge is 0.251 e. The lowest BCUT2D eigenvalue weighted by atomic mass is 10.1. The molecule has 0 aliphatic rings. The van der Waals surface area contributed by atoms with E-state index in [1.807, 2.05) is 48.5 Å². The summed E-state index contributed by atoms with van der Waals surface area (Å²) in [5, 5.41) is 6.34. The molecule has 24 heavy (non-hydrogen) atoms. The summed E-state index contributed by atoms with van der Waals surface area (Å²) in [6.07, 6.45) is 1.75. The lowest BCUT2D eigenvalue weighted by Crippen LogP contribution is -2.22. The van der Waals surface area contributed by atoms with Crippen LogP contribution in [0.5, 0.6) is 0 Å². The fraction of sp³-hybridized carbons (Fsp3) is 0.0476. The van der Waals surface area contributed by atoms with Gasteiger partial charge in [-0.2, -0.15) is 0 Å². The number of rotatable bonds is 3. The number of aromatic nitrogens is 1. The van der Waals surface area contributed by atoms with Gasteiger partial charge in [0.15, 0.2) is 0 Å². The maximum Gasteiger partial charge on any atom is 0.251 e. The maximum atomic E-state index is 12.4. The first-order chi connectivity index (χ1) is 11.8. The third-order valence-corrected chi connectivity index (χ3v) is 4.13. The zero-order valence-electron chi connectivity index (χ0n) is 13.1. The predicted molar refractivity (Wildman–Crippen MR) is 96.9 cm³/mol. The zero-order valence-corrected chi connectivity index (χ0v) is 13.1. The number of pyridine rings is 1. The molecule has 0 bridgehead atoms. The van der Waals surface area contributed by atoms with E-state index in [2.05, 4.69) is 34.6 Å². The van der Waals surface area contributed by atoms with Crippen LogP contribution in [-0.4, -0.2) is 10.9 Å². The second kappa shape index (κ2) is 6.13. The average molecular weight is 312 g/mol. The fourth-order valence-corrected chi connectivity index (χ4v) is 2.85. The van der Waals surface area contributed by atoms with Crippen LogP contribution in [0.15, 0.2) is 79.0 Å². The molecular formula is C21H16N2O. The Morgan fingerprint density at radius 1 is 0.833 bits per heavy atom. The Kier molecular flexibility index (Phi) is 3.67. The first-order valence-electron chi connectivity index (χ1n) is 7.90. The summed E-state index contributed by atoms with van der Waals surface area (Å²) < 4.78 is 0. The number of nitrogens with one attached hydrogen (secondary N) is 1. The van der Waals surface area contributed by atoms with Crippen molar-refractivity contribution in [2.24, 2.45) is 0 Å². The molecule has 3 nitrogen and oxygen atoms in total. The van der Waals surface area contributed by atoms with E-state index in [9.17, 15) is 4.79 Å². The van der Waals surface area contributed by atoms with Gasteiger partial charge in [0.05, 0.1) is 5.52 Å². The number of fused-ring (bicyclic) bond motifs is 2. The third kappa shape index (κ3) is 2.84. The Morgan fingerprint density at radius 3 is 2.58 bits per heavy atom. The summed E-state index contributed by atoms with van der Waals surface area (Å²) in [5.41, 5.74) is 2.63. The molecule has 0 aliphatic carbocycles. The van der Waals surface area contributed by atoms with E-state index in [4.69, 9.17) is 0 Å². The topological polar surface area (TPSA) is 42.0 Å². The van der Waals surface area contributed by atoms with Gasteiger partial charge in [-0.25, -0.2) is 0 Å². The van der Waals surface area contributed by atoms with E-state index in [-0.39, 0.29) is 5.91 Å². The van der Waals surface area contributed by atoms with Gasteiger partial charge in [-0.15, -0.1) is 0 Å². The molecule has 4 aromatic rings. The highest BCUT2D eigenvalue weighted by atomic mass is 16.1. The average Bonchev–Trinajstić information content (AvgIpc) is 2.65. The van der Waals surface area contributed by atoms with Crippen molar-refractivity contribution < 1.29 is 4.79 Å². The number of benzene rings is 3. The first-order valence-corrected chi connectivity index (χ1v) is 7.90. The summed E-state index contributed by atoms with van der Waals surface area (Å²) in [6.45, 7) is 0.509. The van der Waals surface area contributed by atoms with Gasteiger partial charge in [0.2, 0.25) is 0 Å². The fourth-order valence-electron chi connectivity index (χ4n) is 2.85.